The fourth-order valence-corrected chi connectivity index (χ4v) is 1.80. The van der Waals surface area contributed by atoms with Crippen molar-refractivity contribution < 1.29 is 10.2 Å². The normalized spacial score (nSPS) is 13.1. The van der Waals surface area contributed by atoms with Crippen LogP contribution in [0, 0.1) is 0 Å². The van der Waals surface area contributed by atoms with Crippen LogP contribution in [-0.2, 0) is 0 Å². The van der Waals surface area contributed by atoms with Crippen molar-refractivity contribution in [1.82, 2.24) is 10.3 Å². The molecular formula is C12H16N2O2. The third kappa shape index (κ3) is 2.24. The first-order valence-corrected chi connectivity index (χ1v) is 5.38. The fraction of sp³-hybridized carbons (Fsp3) is 0.333. The summed E-state index contributed by atoms with van der Waals surface area (Å²) in [7, 11) is 0. The second-order valence-electron chi connectivity index (χ2n) is 3.73. The van der Waals surface area contributed by atoms with Crippen LogP contribution >= 0.6 is 0 Å². The lowest BCUT2D eigenvalue weighted by Gasteiger charge is -2.10. The van der Waals surface area contributed by atoms with E-state index in [9.17, 15) is 5.11 Å². The van der Waals surface area contributed by atoms with E-state index in [1.54, 1.807) is 0 Å². The second-order valence-corrected chi connectivity index (χ2v) is 3.73. The number of nitrogens with one attached hydrogen (secondary N) is 2. The number of fused-ring (bicyclic) bond motifs is 1. The molecule has 4 N–H and O–H groups in total. The third-order valence-corrected chi connectivity index (χ3v) is 2.61. The summed E-state index contributed by atoms with van der Waals surface area (Å²) in [6, 6.07) is 7.87. The molecule has 4 heteroatoms. The van der Waals surface area contributed by atoms with E-state index in [1.165, 1.54) is 0 Å². The lowest BCUT2D eigenvalue weighted by Crippen LogP contribution is -2.24. The molecule has 0 fully saturated rings. The number of H-pyrrole nitrogens is 1. The Labute approximate surface area is 93.9 Å². The van der Waals surface area contributed by atoms with E-state index in [0.29, 0.717) is 13.1 Å². The van der Waals surface area contributed by atoms with Gasteiger partial charge in [-0.1, -0.05) is 18.2 Å². The Kier molecular flexibility index (Phi) is 3.56. The van der Waals surface area contributed by atoms with E-state index in [2.05, 4.69) is 10.3 Å². The molecule has 2 aromatic rings. The zero-order chi connectivity index (χ0) is 11.4. The van der Waals surface area contributed by atoms with Crippen molar-refractivity contribution in [3.05, 3.63) is 36.0 Å². The van der Waals surface area contributed by atoms with Gasteiger partial charge in [0.15, 0.2) is 0 Å². The number of para-hydroxylation sites is 1. The molecule has 0 spiro atoms. The average Bonchev–Trinajstić information content (AvgIpc) is 2.73. The molecular weight excluding hydrogens is 204 g/mol. The first kappa shape index (κ1) is 11.1. The molecule has 0 aliphatic carbocycles. The maximum Gasteiger partial charge on any atom is 0.0934 e. The van der Waals surface area contributed by atoms with E-state index in [1.807, 2.05) is 30.5 Å². The van der Waals surface area contributed by atoms with Crippen LogP contribution in [0.1, 0.15) is 11.7 Å². The van der Waals surface area contributed by atoms with Gasteiger partial charge in [-0.15, -0.1) is 0 Å². The Morgan fingerprint density at radius 2 is 2.12 bits per heavy atom. The summed E-state index contributed by atoms with van der Waals surface area (Å²) < 4.78 is 0. The largest absolute Gasteiger partial charge is 0.395 e. The average molecular weight is 220 g/mol. The van der Waals surface area contributed by atoms with Crippen LogP contribution < -0.4 is 5.32 Å². The van der Waals surface area contributed by atoms with Gasteiger partial charge in [-0.05, 0) is 6.07 Å². The minimum Gasteiger partial charge on any atom is -0.395 e. The maximum atomic E-state index is 9.97. The molecule has 86 valence electrons. The van der Waals surface area contributed by atoms with E-state index in [-0.39, 0.29) is 6.61 Å². The number of hydrogen-bond acceptors (Lipinski definition) is 3. The van der Waals surface area contributed by atoms with Gasteiger partial charge in [-0.3, -0.25) is 0 Å². The monoisotopic (exact) mass is 220 g/mol. The lowest BCUT2D eigenvalue weighted by atomic mass is 10.1. The summed E-state index contributed by atoms with van der Waals surface area (Å²) in [6.07, 6.45) is 1.28. The van der Waals surface area contributed by atoms with Crippen molar-refractivity contribution in [1.29, 1.82) is 0 Å². The highest BCUT2D eigenvalue weighted by Crippen LogP contribution is 2.23. The molecule has 1 unspecified atom stereocenters. The van der Waals surface area contributed by atoms with Crippen LogP contribution in [-0.4, -0.2) is 34.9 Å². The van der Waals surface area contributed by atoms with E-state index < -0.39 is 6.10 Å². The molecule has 4 nitrogen and oxygen atoms in total. The number of aliphatic hydroxyl groups is 2. The first-order chi connectivity index (χ1) is 7.83. The van der Waals surface area contributed by atoms with Gasteiger partial charge < -0.3 is 20.5 Å². The van der Waals surface area contributed by atoms with E-state index in [4.69, 9.17) is 5.11 Å². The molecule has 0 bridgehead atoms. The quantitative estimate of drug-likeness (QED) is 0.563. The molecule has 1 aromatic carbocycles. The molecule has 1 aromatic heterocycles. The molecule has 0 aliphatic rings. The minimum absolute atomic E-state index is 0.0839. The molecule has 1 heterocycles. The van der Waals surface area contributed by atoms with Gasteiger partial charge >= 0.3 is 0 Å². The zero-order valence-electron chi connectivity index (χ0n) is 8.98. The summed E-state index contributed by atoms with van der Waals surface area (Å²) in [5, 5.41) is 22.6. The summed E-state index contributed by atoms with van der Waals surface area (Å²) in [4.78, 5) is 3.12. The van der Waals surface area contributed by atoms with Gasteiger partial charge in [0, 0.05) is 35.8 Å². The fourth-order valence-electron chi connectivity index (χ4n) is 1.80. The van der Waals surface area contributed by atoms with Gasteiger partial charge in [0.25, 0.3) is 0 Å². The van der Waals surface area contributed by atoms with Gasteiger partial charge in [0.2, 0.25) is 0 Å². The van der Waals surface area contributed by atoms with Crippen LogP contribution in [0.25, 0.3) is 10.9 Å². The van der Waals surface area contributed by atoms with Crippen LogP contribution in [0.3, 0.4) is 0 Å². The van der Waals surface area contributed by atoms with E-state index in [0.717, 1.165) is 16.5 Å². The van der Waals surface area contributed by atoms with Crippen molar-refractivity contribution in [2.75, 3.05) is 19.7 Å². The van der Waals surface area contributed by atoms with Crippen LogP contribution in [0.5, 0.6) is 0 Å². The standard InChI is InChI=1S/C12H16N2O2/c15-6-5-13-8-12(16)10-7-14-11-4-2-1-3-9(10)11/h1-4,7,12-16H,5-6,8H2. The van der Waals surface area contributed by atoms with Gasteiger partial charge in [0.1, 0.15) is 0 Å². The van der Waals surface area contributed by atoms with Crippen molar-refractivity contribution >= 4 is 10.9 Å². The van der Waals surface area contributed by atoms with Crippen molar-refractivity contribution in [2.45, 2.75) is 6.10 Å². The number of rotatable bonds is 5. The molecule has 0 radical (unpaired) electrons. The molecule has 0 amide bonds. The van der Waals surface area contributed by atoms with Crippen LogP contribution in [0.2, 0.25) is 0 Å². The highest BCUT2D eigenvalue weighted by atomic mass is 16.3. The van der Waals surface area contributed by atoms with Gasteiger partial charge in [0.05, 0.1) is 12.7 Å². The Hall–Kier alpha value is -1.36. The third-order valence-electron chi connectivity index (χ3n) is 2.61. The number of aliphatic hydroxyl groups excluding tert-OH is 2. The van der Waals surface area contributed by atoms with E-state index >= 15 is 0 Å². The first-order valence-electron chi connectivity index (χ1n) is 5.38. The Bertz CT molecular complexity index is 453. The lowest BCUT2D eigenvalue weighted by molar-refractivity contribution is 0.172. The number of aromatic nitrogens is 1. The van der Waals surface area contributed by atoms with Crippen LogP contribution in [0.15, 0.2) is 30.5 Å². The minimum atomic E-state index is -0.553. The Balaban J connectivity index is 2.13. The molecule has 16 heavy (non-hydrogen) atoms. The van der Waals surface area contributed by atoms with Crippen LogP contribution in [0.4, 0.5) is 0 Å². The number of hydrogen-bond donors (Lipinski definition) is 4. The molecule has 0 saturated carbocycles. The Morgan fingerprint density at radius 1 is 1.31 bits per heavy atom. The number of aromatic amines is 1. The topological polar surface area (TPSA) is 68.3 Å². The summed E-state index contributed by atoms with van der Waals surface area (Å²) in [5.41, 5.74) is 1.92. The highest BCUT2D eigenvalue weighted by molar-refractivity contribution is 5.83. The predicted octanol–water partition coefficient (Wildman–Crippen LogP) is 0.783. The van der Waals surface area contributed by atoms with Crippen molar-refractivity contribution in [3.8, 4) is 0 Å². The summed E-state index contributed by atoms with van der Waals surface area (Å²) in [5.74, 6) is 0. The Morgan fingerprint density at radius 3 is 2.94 bits per heavy atom. The predicted molar refractivity (Wildman–Crippen MR) is 63.2 cm³/mol. The smallest absolute Gasteiger partial charge is 0.0934 e. The second kappa shape index (κ2) is 5.12. The molecule has 0 saturated heterocycles. The molecule has 0 aliphatic heterocycles. The van der Waals surface area contributed by atoms with Crippen molar-refractivity contribution in [3.63, 3.8) is 0 Å². The number of benzene rings is 1. The molecule has 1 atom stereocenters. The van der Waals surface area contributed by atoms with Gasteiger partial charge in [-0.2, -0.15) is 0 Å². The summed E-state index contributed by atoms with van der Waals surface area (Å²) in [6.45, 7) is 1.03. The SMILES string of the molecule is OCCNCC(O)c1c[nH]c2ccccc12. The highest BCUT2D eigenvalue weighted by Gasteiger charge is 2.11. The van der Waals surface area contributed by atoms with Crippen molar-refractivity contribution in [2.24, 2.45) is 0 Å². The maximum absolute atomic E-state index is 9.97. The van der Waals surface area contributed by atoms with Gasteiger partial charge in [-0.25, -0.2) is 0 Å². The summed E-state index contributed by atoms with van der Waals surface area (Å²) >= 11 is 0. The molecule has 2 rings (SSSR count). The zero-order valence-corrected chi connectivity index (χ0v) is 8.98.